The van der Waals surface area contributed by atoms with Gasteiger partial charge < -0.3 is 9.13 Å². The van der Waals surface area contributed by atoms with E-state index in [0.717, 1.165) is 66.2 Å². The average molecular weight is 790 g/mol. The lowest BCUT2D eigenvalue weighted by Gasteiger charge is -2.16. The van der Waals surface area contributed by atoms with Crippen molar-refractivity contribution in [3.05, 3.63) is 212 Å². The molecule has 0 bridgehead atoms. The minimum atomic E-state index is 0.614. The molecule has 0 fully saturated rings. The quantitative estimate of drug-likeness (QED) is 0.174. The second kappa shape index (κ2) is 13.6. The summed E-state index contributed by atoms with van der Waals surface area (Å²) < 4.78 is 4.92. The lowest BCUT2D eigenvalue weighted by atomic mass is 10.0. The molecule has 5 heteroatoms. The summed E-state index contributed by atoms with van der Waals surface area (Å²) in [6.07, 6.45) is 0. The van der Waals surface area contributed by atoms with Crippen LogP contribution < -0.4 is 0 Å². The number of fused-ring (bicyclic) bond motifs is 10. The molecule has 288 valence electrons. The van der Waals surface area contributed by atoms with E-state index in [4.69, 9.17) is 15.0 Å². The summed E-state index contributed by atoms with van der Waals surface area (Å²) >= 11 is 0. The van der Waals surface area contributed by atoms with E-state index < -0.39 is 0 Å². The molecule has 13 aromatic rings. The molecule has 0 aliphatic carbocycles. The molecule has 0 atom stereocenters. The van der Waals surface area contributed by atoms with Gasteiger partial charge in [0, 0.05) is 49.3 Å². The second-order valence-corrected chi connectivity index (χ2v) is 16.0. The molecule has 0 aliphatic heterocycles. The first-order valence-electron chi connectivity index (χ1n) is 21.0. The zero-order valence-electron chi connectivity index (χ0n) is 33.4. The summed E-state index contributed by atoms with van der Waals surface area (Å²) in [7, 11) is 0. The number of benzene rings is 10. The number of hydrogen-bond acceptors (Lipinski definition) is 3. The van der Waals surface area contributed by atoms with Crippen molar-refractivity contribution >= 4 is 75.9 Å². The van der Waals surface area contributed by atoms with Gasteiger partial charge in [0.15, 0.2) is 17.5 Å². The molecule has 3 aromatic heterocycles. The maximum Gasteiger partial charge on any atom is 0.164 e. The molecule has 0 radical (unpaired) electrons. The normalized spacial score (nSPS) is 11.9. The molecule has 0 saturated heterocycles. The van der Waals surface area contributed by atoms with Crippen LogP contribution in [-0.2, 0) is 0 Å². The summed E-state index contributed by atoms with van der Waals surface area (Å²) in [4.78, 5) is 15.8. The van der Waals surface area contributed by atoms with Gasteiger partial charge in [-0.25, -0.2) is 15.0 Å². The molecule has 5 nitrogen and oxygen atoms in total. The molecule has 3 heterocycles. The summed E-state index contributed by atoms with van der Waals surface area (Å²) in [5.41, 5.74) is 9.58. The highest BCUT2D eigenvalue weighted by Crippen LogP contribution is 2.43. The molecule has 0 unspecified atom stereocenters. The van der Waals surface area contributed by atoms with Crippen LogP contribution in [0.25, 0.3) is 121 Å². The van der Waals surface area contributed by atoms with Crippen molar-refractivity contribution in [2.24, 2.45) is 0 Å². The van der Waals surface area contributed by atoms with Crippen LogP contribution in [0.3, 0.4) is 0 Å². The van der Waals surface area contributed by atoms with Gasteiger partial charge >= 0.3 is 0 Å². The van der Waals surface area contributed by atoms with Crippen LogP contribution in [-0.4, -0.2) is 24.1 Å². The number of aromatic nitrogens is 5. The first kappa shape index (κ1) is 34.5. The Balaban J connectivity index is 1.12. The number of hydrogen-bond donors (Lipinski definition) is 0. The first-order chi connectivity index (χ1) is 30.7. The molecule has 0 aliphatic rings. The number of nitrogens with zero attached hydrogens (tertiary/aromatic N) is 5. The highest BCUT2D eigenvalue weighted by atomic mass is 15.1. The van der Waals surface area contributed by atoms with E-state index in [1.807, 2.05) is 0 Å². The third-order valence-electron chi connectivity index (χ3n) is 12.5. The third-order valence-corrected chi connectivity index (χ3v) is 12.5. The first-order valence-corrected chi connectivity index (χ1v) is 21.0. The topological polar surface area (TPSA) is 48.5 Å². The fourth-order valence-electron chi connectivity index (χ4n) is 9.62. The van der Waals surface area contributed by atoms with Crippen molar-refractivity contribution in [2.45, 2.75) is 0 Å². The van der Waals surface area contributed by atoms with Crippen molar-refractivity contribution < 1.29 is 0 Å². The van der Waals surface area contributed by atoms with Crippen LogP contribution in [0.2, 0.25) is 0 Å². The van der Waals surface area contributed by atoms with Gasteiger partial charge in [0.2, 0.25) is 0 Å². The van der Waals surface area contributed by atoms with Crippen molar-refractivity contribution in [3.8, 4) is 45.5 Å². The van der Waals surface area contributed by atoms with Gasteiger partial charge in [-0.1, -0.05) is 164 Å². The van der Waals surface area contributed by atoms with Crippen molar-refractivity contribution in [2.75, 3.05) is 0 Å². The summed E-state index contributed by atoms with van der Waals surface area (Å²) in [5, 5.41) is 11.7. The van der Waals surface area contributed by atoms with Crippen molar-refractivity contribution in [1.82, 2.24) is 24.1 Å². The summed E-state index contributed by atoms with van der Waals surface area (Å²) in [6, 6.07) is 75.8. The van der Waals surface area contributed by atoms with Gasteiger partial charge in [-0.05, 0) is 75.5 Å². The summed E-state index contributed by atoms with van der Waals surface area (Å²) in [5.74, 6) is 1.87. The van der Waals surface area contributed by atoms with E-state index in [0.29, 0.717) is 17.5 Å². The zero-order valence-corrected chi connectivity index (χ0v) is 33.4. The Morgan fingerprint density at radius 2 is 0.710 bits per heavy atom. The van der Waals surface area contributed by atoms with Gasteiger partial charge in [-0.15, -0.1) is 0 Å². The van der Waals surface area contributed by atoms with Gasteiger partial charge in [-0.2, -0.15) is 0 Å². The van der Waals surface area contributed by atoms with Gasteiger partial charge in [0.05, 0.1) is 27.8 Å². The van der Waals surface area contributed by atoms with Crippen LogP contribution in [0.15, 0.2) is 212 Å². The molecule has 0 spiro atoms. The van der Waals surface area contributed by atoms with Crippen LogP contribution in [0.4, 0.5) is 0 Å². The van der Waals surface area contributed by atoms with E-state index >= 15 is 0 Å². The number of rotatable bonds is 5. The van der Waals surface area contributed by atoms with Gasteiger partial charge in [0.1, 0.15) is 0 Å². The molecule has 0 N–H and O–H groups in total. The van der Waals surface area contributed by atoms with E-state index in [1.165, 1.54) is 37.8 Å². The monoisotopic (exact) mass is 789 g/mol. The van der Waals surface area contributed by atoms with Crippen LogP contribution in [0.1, 0.15) is 0 Å². The predicted octanol–water partition coefficient (Wildman–Crippen LogP) is 14.5. The predicted molar refractivity (Wildman–Crippen MR) is 257 cm³/mol. The minimum Gasteiger partial charge on any atom is -0.307 e. The second-order valence-electron chi connectivity index (χ2n) is 16.0. The Morgan fingerprint density at radius 1 is 0.274 bits per heavy atom. The molecule has 10 aromatic carbocycles. The Hall–Kier alpha value is -8.41. The standard InChI is InChI=1S/C57H35N5/c1-2-19-44(20-3-1)61-50-24-12-10-22-46(50)48-30-31-49-47-23-11-13-25-51(47)62(54(49)53(48)61)52-35-43(34-40-18-8-9-21-45(40)52)57-59-55(41-28-26-36-14-4-6-16-38(36)32-41)58-56(60-57)42-29-27-37-15-5-7-17-39(37)33-42/h1-35H. The van der Waals surface area contributed by atoms with E-state index in [1.54, 1.807) is 0 Å². The molecule has 13 rings (SSSR count). The smallest absolute Gasteiger partial charge is 0.164 e. The molecule has 62 heavy (non-hydrogen) atoms. The number of para-hydroxylation sites is 3. The minimum absolute atomic E-state index is 0.614. The summed E-state index contributed by atoms with van der Waals surface area (Å²) in [6.45, 7) is 0. The maximum absolute atomic E-state index is 5.32. The largest absolute Gasteiger partial charge is 0.307 e. The molecule has 0 amide bonds. The van der Waals surface area contributed by atoms with E-state index in [9.17, 15) is 0 Å². The van der Waals surface area contributed by atoms with Crippen LogP contribution in [0.5, 0.6) is 0 Å². The Morgan fingerprint density at radius 3 is 1.31 bits per heavy atom. The lowest BCUT2D eigenvalue weighted by molar-refractivity contribution is 1.07. The van der Waals surface area contributed by atoms with Gasteiger partial charge in [-0.3, -0.25) is 0 Å². The maximum atomic E-state index is 5.32. The molecular formula is C57H35N5. The average Bonchev–Trinajstić information content (AvgIpc) is 3.86. The van der Waals surface area contributed by atoms with Crippen LogP contribution in [0, 0.1) is 0 Å². The van der Waals surface area contributed by atoms with E-state index in [-0.39, 0.29) is 0 Å². The fourth-order valence-corrected chi connectivity index (χ4v) is 9.62. The van der Waals surface area contributed by atoms with Gasteiger partial charge in [0.25, 0.3) is 0 Å². The van der Waals surface area contributed by atoms with E-state index in [2.05, 4.69) is 221 Å². The highest BCUT2D eigenvalue weighted by Gasteiger charge is 2.23. The molecular weight excluding hydrogens is 755 g/mol. The fraction of sp³-hybridized carbons (Fsp3) is 0. The van der Waals surface area contributed by atoms with Crippen LogP contribution >= 0.6 is 0 Å². The lowest BCUT2D eigenvalue weighted by Crippen LogP contribution is -2.02. The third kappa shape index (κ3) is 5.32. The Labute approximate surface area is 356 Å². The van der Waals surface area contributed by atoms with Crippen molar-refractivity contribution in [3.63, 3.8) is 0 Å². The Bertz CT molecular complexity index is 3840. The highest BCUT2D eigenvalue weighted by molar-refractivity contribution is 6.24. The zero-order chi connectivity index (χ0) is 40.7. The SMILES string of the molecule is c1ccc(-n2c3ccccc3c3ccc4c5ccccc5n(-c5cc(-c6nc(-c7ccc8ccccc8c7)nc(-c7ccc8ccccc8c7)n6)cc6ccccc56)c4c32)cc1. The molecule has 0 saturated carbocycles. The Kier molecular flexibility index (Phi) is 7.54. The van der Waals surface area contributed by atoms with Crippen molar-refractivity contribution in [1.29, 1.82) is 0 Å².